The molecule has 0 unspecified atom stereocenters. The Bertz CT molecular complexity index is 442. The Labute approximate surface area is 112 Å². The van der Waals surface area contributed by atoms with E-state index in [9.17, 15) is 14.7 Å². The van der Waals surface area contributed by atoms with Crippen molar-refractivity contribution in [2.45, 2.75) is 31.9 Å². The van der Waals surface area contributed by atoms with Gasteiger partial charge in [0.25, 0.3) is 0 Å². The van der Waals surface area contributed by atoms with Crippen LogP contribution in [0.5, 0.6) is 0 Å². The summed E-state index contributed by atoms with van der Waals surface area (Å²) in [6.07, 6.45) is 0.0973. The first kappa shape index (κ1) is 15.2. The maximum atomic E-state index is 11.9. The molecule has 0 saturated carbocycles. The number of benzene rings is 1. The summed E-state index contributed by atoms with van der Waals surface area (Å²) in [5, 5.41) is 11.7. The summed E-state index contributed by atoms with van der Waals surface area (Å²) >= 11 is 0. The lowest BCUT2D eigenvalue weighted by atomic mass is 10.0. The molecular weight excluding hydrogens is 246 g/mol. The molecule has 19 heavy (non-hydrogen) atoms. The maximum Gasteiger partial charge on any atom is 0.330 e. The maximum absolute atomic E-state index is 11.9. The van der Waals surface area contributed by atoms with Crippen molar-refractivity contribution < 1.29 is 19.4 Å². The van der Waals surface area contributed by atoms with E-state index in [2.05, 4.69) is 5.32 Å². The van der Waals surface area contributed by atoms with Crippen molar-refractivity contribution in [1.29, 1.82) is 0 Å². The van der Waals surface area contributed by atoms with E-state index in [1.165, 1.54) is 7.11 Å². The van der Waals surface area contributed by atoms with Gasteiger partial charge in [0.15, 0.2) is 6.04 Å². The van der Waals surface area contributed by atoms with Gasteiger partial charge in [0.05, 0.1) is 12.0 Å². The molecule has 1 aromatic rings. The normalized spacial score (nSPS) is 12.8. The van der Waals surface area contributed by atoms with Crippen LogP contribution >= 0.6 is 0 Å². The monoisotopic (exact) mass is 265 g/mol. The van der Waals surface area contributed by atoms with E-state index in [1.54, 1.807) is 44.2 Å². The van der Waals surface area contributed by atoms with Gasteiger partial charge in [-0.2, -0.15) is 0 Å². The van der Waals surface area contributed by atoms with Gasteiger partial charge in [0.1, 0.15) is 0 Å². The molecule has 1 aromatic carbocycles. The molecule has 5 nitrogen and oxygen atoms in total. The predicted molar refractivity (Wildman–Crippen MR) is 70.7 cm³/mol. The second kappa shape index (κ2) is 6.33. The first-order valence-corrected chi connectivity index (χ1v) is 5.98. The minimum atomic E-state index is -1.09. The summed E-state index contributed by atoms with van der Waals surface area (Å²) in [5.74, 6) is -1.45. The van der Waals surface area contributed by atoms with Gasteiger partial charge in [-0.25, -0.2) is 4.79 Å². The van der Waals surface area contributed by atoms with Crippen LogP contribution in [0.1, 0.15) is 31.9 Å². The Balaban J connectivity index is 2.76. The van der Waals surface area contributed by atoms with E-state index in [-0.39, 0.29) is 12.3 Å². The van der Waals surface area contributed by atoms with E-state index < -0.39 is 17.6 Å². The SMILES string of the molecule is COC(C)(C)CC(=O)N[C@@H](C(=O)O)c1ccccc1. The van der Waals surface area contributed by atoms with Crippen LogP contribution in [0.15, 0.2) is 30.3 Å². The van der Waals surface area contributed by atoms with Crippen LogP contribution in [0.25, 0.3) is 0 Å². The van der Waals surface area contributed by atoms with Crippen molar-refractivity contribution in [2.75, 3.05) is 7.11 Å². The summed E-state index contributed by atoms with van der Waals surface area (Å²) in [7, 11) is 1.51. The summed E-state index contributed by atoms with van der Waals surface area (Å²) in [5.41, 5.74) is -0.0809. The molecule has 0 heterocycles. The van der Waals surface area contributed by atoms with Crippen molar-refractivity contribution in [3.8, 4) is 0 Å². The van der Waals surface area contributed by atoms with Crippen LogP contribution in [0.2, 0.25) is 0 Å². The number of hydrogen-bond acceptors (Lipinski definition) is 3. The van der Waals surface area contributed by atoms with Crippen LogP contribution < -0.4 is 5.32 Å². The Morgan fingerprint density at radius 2 is 1.89 bits per heavy atom. The molecule has 1 atom stereocenters. The molecule has 0 bridgehead atoms. The van der Waals surface area contributed by atoms with Crippen molar-refractivity contribution in [3.63, 3.8) is 0 Å². The number of carboxylic acids is 1. The largest absolute Gasteiger partial charge is 0.479 e. The van der Waals surface area contributed by atoms with E-state index in [1.807, 2.05) is 0 Å². The highest BCUT2D eigenvalue weighted by Crippen LogP contribution is 2.16. The number of carbonyl (C=O) groups excluding carboxylic acids is 1. The van der Waals surface area contributed by atoms with Gasteiger partial charge in [0.2, 0.25) is 5.91 Å². The third kappa shape index (κ3) is 4.71. The second-order valence-corrected chi connectivity index (χ2v) is 4.89. The lowest BCUT2D eigenvalue weighted by Gasteiger charge is -2.23. The first-order valence-electron chi connectivity index (χ1n) is 5.98. The van der Waals surface area contributed by atoms with E-state index in [0.29, 0.717) is 5.56 Å². The topological polar surface area (TPSA) is 75.6 Å². The van der Waals surface area contributed by atoms with Gasteiger partial charge in [-0.05, 0) is 19.4 Å². The zero-order valence-electron chi connectivity index (χ0n) is 11.3. The van der Waals surface area contributed by atoms with E-state index in [0.717, 1.165) is 0 Å². The molecule has 104 valence electrons. The third-order valence-corrected chi connectivity index (χ3v) is 2.82. The molecule has 1 amide bonds. The first-order chi connectivity index (χ1) is 8.85. The highest BCUT2D eigenvalue weighted by atomic mass is 16.5. The van der Waals surface area contributed by atoms with Gasteiger partial charge in [-0.1, -0.05) is 30.3 Å². The zero-order chi connectivity index (χ0) is 14.5. The summed E-state index contributed by atoms with van der Waals surface area (Å²) in [4.78, 5) is 23.1. The summed E-state index contributed by atoms with van der Waals surface area (Å²) < 4.78 is 5.15. The van der Waals surface area contributed by atoms with Gasteiger partial charge in [-0.3, -0.25) is 4.79 Å². The number of amides is 1. The number of methoxy groups -OCH3 is 1. The molecule has 0 aromatic heterocycles. The average Bonchev–Trinajstić information content (AvgIpc) is 2.36. The predicted octanol–water partition coefficient (Wildman–Crippen LogP) is 1.74. The highest BCUT2D eigenvalue weighted by molar-refractivity contribution is 5.85. The minimum absolute atomic E-state index is 0.0973. The molecule has 2 N–H and O–H groups in total. The van der Waals surface area contributed by atoms with Crippen molar-refractivity contribution in [3.05, 3.63) is 35.9 Å². The number of rotatable bonds is 6. The van der Waals surface area contributed by atoms with Crippen LogP contribution in [0.3, 0.4) is 0 Å². The van der Waals surface area contributed by atoms with E-state index >= 15 is 0 Å². The van der Waals surface area contributed by atoms with Crippen LogP contribution in [-0.2, 0) is 14.3 Å². The number of nitrogens with one attached hydrogen (secondary N) is 1. The molecule has 0 spiro atoms. The Hall–Kier alpha value is -1.88. The molecule has 1 rings (SSSR count). The molecule has 0 radical (unpaired) electrons. The minimum Gasteiger partial charge on any atom is -0.479 e. The van der Waals surface area contributed by atoms with Gasteiger partial charge in [0, 0.05) is 7.11 Å². The van der Waals surface area contributed by atoms with Crippen molar-refractivity contribution in [2.24, 2.45) is 0 Å². The standard InChI is InChI=1S/C14H19NO4/c1-14(2,19-3)9-11(16)15-12(13(17)18)10-7-5-4-6-8-10/h4-8,12H,9H2,1-3H3,(H,15,16)(H,17,18)/t12-/m1/s1. The number of aliphatic carboxylic acids is 1. The van der Waals surface area contributed by atoms with Crippen molar-refractivity contribution in [1.82, 2.24) is 5.32 Å². The number of carboxylic acid groups (broad SMARTS) is 1. The van der Waals surface area contributed by atoms with Gasteiger partial charge >= 0.3 is 5.97 Å². The highest BCUT2D eigenvalue weighted by Gasteiger charge is 2.26. The fourth-order valence-electron chi connectivity index (χ4n) is 1.60. The van der Waals surface area contributed by atoms with Gasteiger partial charge < -0.3 is 15.2 Å². The molecule has 0 aliphatic rings. The second-order valence-electron chi connectivity index (χ2n) is 4.89. The molecule has 0 saturated heterocycles. The summed E-state index contributed by atoms with van der Waals surface area (Å²) in [6, 6.07) is 7.55. The summed E-state index contributed by atoms with van der Waals surface area (Å²) in [6.45, 7) is 3.54. The average molecular weight is 265 g/mol. The Morgan fingerprint density at radius 1 is 1.32 bits per heavy atom. The van der Waals surface area contributed by atoms with Crippen LogP contribution in [-0.4, -0.2) is 29.7 Å². The Morgan fingerprint density at radius 3 is 2.37 bits per heavy atom. The number of ether oxygens (including phenoxy) is 1. The van der Waals surface area contributed by atoms with Crippen LogP contribution in [0, 0.1) is 0 Å². The fraction of sp³-hybridized carbons (Fsp3) is 0.429. The van der Waals surface area contributed by atoms with Crippen LogP contribution in [0.4, 0.5) is 0 Å². The fourth-order valence-corrected chi connectivity index (χ4v) is 1.60. The molecular formula is C14H19NO4. The van der Waals surface area contributed by atoms with Crippen molar-refractivity contribution >= 4 is 11.9 Å². The number of hydrogen-bond donors (Lipinski definition) is 2. The molecule has 5 heteroatoms. The lowest BCUT2D eigenvalue weighted by Crippen LogP contribution is -2.38. The smallest absolute Gasteiger partial charge is 0.330 e. The zero-order valence-corrected chi connectivity index (χ0v) is 11.3. The molecule has 0 fully saturated rings. The third-order valence-electron chi connectivity index (χ3n) is 2.82. The number of carbonyl (C=O) groups is 2. The molecule has 0 aliphatic heterocycles. The molecule has 0 aliphatic carbocycles. The lowest BCUT2D eigenvalue weighted by molar-refractivity contribution is -0.143. The van der Waals surface area contributed by atoms with E-state index in [4.69, 9.17) is 4.74 Å². The Kier molecular flexibility index (Phi) is 5.06. The quantitative estimate of drug-likeness (QED) is 0.821. The van der Waals surface area contributed by atoms with Gasteiger partial charge in [-0.15, -0.1) is 0 Å².